The minimum Gasteiger partial charge on any atom is -0.507 e. The topological polar surface area (TPSA) is 115 Å². The quantitative estimate of drug-likeness (QED) is 0.172. The van der Waals surface area contributed by atoms with Gasteiger partial charge in [0.2, 0.25) is 11.8 Å². The van der Waals surface area contributed by atoms with E-state index in [4.69, 9.17) is 11.6 Å². The molecule has 2 aliphatic heterocycles. The molecule has 0 bridgehead atoms. The van der Waals surface area contributed by atoms with Crippen LogP contribution in [0.1, 0.15) is 29.9 Å². The molecule has 0 aromatic heterocycles. The lowest BCUT2D eigenvalue weighted by Gasteiger charge is -2.50. The van der Waals surface area contributed by atoms with E-state index in [9.17, 15) is 24.7 Å². The summed E-state index contributed by atoms with van der Waals surface area (Å²) in [5, 5.41) is 24.3. The van der Waals surface area contributed by atoms with Gasteiger partial charge in [-0.05, 0) is 47.9 Å². The third kappa shape index (κ3) is 3.63. The molecule has 8 rings (SSSR count). The summed E-state index contributed by atoms with van der Waals surface area (Å²) in [7, 11) is 0. The molecule has 4 amide bonds. The van der Waals surface area contributed by atoms with Gasteiger partial charge in [0.1, 0.15) is 5.75 Å². The minimum absolute atomic E-state index is 0.0186. The fraction of sp³-hybridized carbons (Fsp3) is 0.222. The van der Waals surface area contributed by atoms with Crippen molar-refractivity contribution >= 4 is 51.7 Å². The van der Waals surface area contributed by atoms with Crippen molar-refractivity contribution in [2.45, 2.75) is 24.2 Å². The summed E-state index contributed by atoms with van der Waals surface area (Å²) < 4.78 is 0. The Hall–Kier alpha value is -4.79. The molecular formula is C36H27ClN2O6. The van der Waals surface area contributed by atoms with Gasteiger partial charge in [-0.25, -0.2) is 4.90 Å². The van der Waals surface area contributed by atoms with Crippen LogP contribution in [-0.2, 0) is 24.6 Å². The van der Waals surface area contributed by atoms with Crippen LogP contribution in [0.3, 0.4) is 0 Å². The van der Waals surface area contributed by atoms with E-state index in [1.165, 1.54) is 4.90 Å². The normalized spacial score (nSPS) is 29.1. The van der Waals surface area contributed by atoms with Crippen LogP contribution in [0.15, 0.2) is 103 Å². The van der Waals surface area contributed by atoms with Crippen molar-refractivity contribution in [2.75, 3.05) is 4.90 Å². The van der Waals surface area contributed by atoms with Gasteiger partial charge >= 0.3 is 0 Å². The summed E-state index contributed by atoms with van der Waals surface area (Å²) in [5.41, 5.74) is 0.582. The van der Waals surface area contributed by atoms with E-state index >= 15 is 4.79 Å². The molecule has 0 unspecified atom stereocenters. The number of phenolic OH excluding ortho intramolecular Hbond substituents is 1. The zero-order valence-electron chi connectivity index (χ0n) is 23.8. The Kier molecular flexibility index (Phi) is 6.08. The largest absolute Gasteiger partial charge is 0.507 e. The van der Waals surface area contributed by atoms with Gasteiger partial charge in [0, 0.05) is 21.9 Å². The highest BCUT2D eigenvalue weighted by molar-refractivity contribution is 6.32. The van der Waals surface area contributed by atoms with Crippen LogP contribution in [0.25, 0.3) is 10.8 Å². The number of carbonyl (C=O) groups excluding carboxylic acids is 4. The maximum atomic E-state index is 15.2. The molecule has 4 aromatic carbocycles. The van der Waals surface area contributed by atoms with Gasteiger partial charge in [-0.2, -0.15) is 5.06 Å². The van der Waals surface area contributed by atoms with E-state index in [1.807, 2.05) is 60.7 Å². The highest BCUT2D eigenvalue weighted by Gasteiger charge is 2.70. The standard InChI is InChI=1S/C36H27ClN2O6/c37-21-10-6-11-22(17-21)38-33(42)28-18-27-24(15-16-25-29(27)34(43)39(45)32(25)41)30(36(28,35(38)44)20-8-2-1-3-9-20)26-14-13-19-7-4-5-12-23(19)31(26)40/h1-15,17,25,27-30,40,45H,16,18H2/t25-,27+,28-,29-,30+,36+/m0/s1. The lowest BCUT2D eigenvalue weighted by atomic mass is 9.49. The minimum atomic E-state index is -1.50. The van der Waals surface area contributed by atoms with Crippen molar-refractivity contribution in [3.05, 3.63) is 119 Å². The van der Waals surface area contributed by atoms with Crippen molar-refractivity contribution in [2.24, 2.45) is 23.7 Å². The Morgan fingerprint density at radius 2 is 1.56 bits per heavy atom. The van der Waals surface area contributed by atoms with Crippen LogP contribution in [0.5, 0.6) is 5.75 Å². The number of amides is 4. The molecule has 2 heterocycles. The summed E-state index contributed by atoms with van der Waals surface area (Å²) >= 11 is 6.34. The number of nitrogens with zero attached hydrogens (tertiary/aromatic N) is 2. The number of hydrogen-bond donors (Lipinski definition) is 2. The third-order valence-corrected chi connectivity index (χ3v) is 10.6. The van der Waals surface area contributed by atoms with Crippen LogP contribution in [0.2, 0.25) is 5.02 Å². The molecule has 2 N–H and O–H groups in total. The van der Waals surface area contributed by atoms with Gasteiger partial charge in [-0.1, -0.05) is 96.0 Å². The number of halogens is 1. The fourth-order valence-corrected chi connectivity index (χ4v) is 8.76. The molecule has 0 spiro atoms. The highest BCUT2D eigenvalue weighted by Crippen LogP contribution is 2.65. The van der Waals surface area contributed by atoms with Crippen LogP contribution >= 0.6 is 11.6 Å². The average molecular weight is 619 g/mol. The predicted octanol–water partition coefficient (Wildman–Crippen LogP) is 5.75. The Labute approximate surface area is 263 Å². The Morgan fingerprint density at radius 1 is 0.800 bits per heavy atom. The maximum absolute atomic E-state index is 15.2. The summed E-state index contributed by atoms with van der Waals surface area (Å²) in [6.45, 7) is 0. The molecule has 6 atom stereocenters. The van der Waals surface area contributed by atoms with Gasteiger partial charge in [-0.15, -0.1) is 0 Å². The number of carbonyl (C=O) groups is 4. The van der Waals surface area contributed by atoms with E-state index < -0.39 is 58.6 Å². The number of imide groups is 2. The predicted molar refractivity (Wildman–Crippen MR) is 165 cm³/mol. The first kappa shape index (κ1) is 27.7. The summed E-state index contributed by atoms with van der Waals surface area (Å²) in [5.74, 6) is -6.44. The van der Waals surface area contributed by atoms with Crippen LogP contribution in [0, 0.1) is 23.7 Å². The first-order valence-corrected chi connectivity index (χ1v) is 15.3. The number of phenols is 1. The van der Waals surface area contributed by atoms with Crippen molar-refractivity contribution < 1.29 is 29.5 Å². The van der Waals surface area contributed by atoms with Crippen molar-refractivity contribution in [1.29, 1.82) is 0 Å². The Bertz CT molecular complexity index is 1990. The smallest absolute Gasteiger partial charge is 0.257 e. The number of anilines is 1. The highest BCUT2D eigenvalue weighted by atomic mass is 35.5. The van der Waals surface area contributed by atoms with Crippen molar-refractivity contribution in [1.82, 2.24) is 5.06 Å². The summed E-state index contributed by atoms with van der Waals surface area (Å²) in [6, 6.07) is 26.7. The van der Waals surface area contributed by atoms with Crippen molar-refractivity contribution in [3.8, 4) is 5.75 Å². The SMILES string of the molecule is O=C1[C@H]2[C@H](CC=C3[C@H]2C[C@H]2C(=O)N(c4cccc(Cl)c4)C(=O)[C@@]2(c2ccccc2)[C@H]3c2ccc3ccccc3c2O)C(=O)N1O. The Balaban J connectivity index is 1.44. The number of allylic oxidation sites excluding steroid dienone is 2. The molecule has 2 saturated heterocycles. The number of benzene rings is 4. The molecule has 3 fully saturated rings. The van der Waals surface area contributed by atoms with Gasteiger partial charge in [0.25, 0.3) is 11.8 Å². The number of aromatic hydroxyl groups is 1. The zero-order valence-corrected chi connectivity index (χ0v) is 24.6. The Morgan fingerprint density at radius 3 is 2.33 bits per heavy atom. The number of hydrogen-bond acceptors (Lipinski definition) is 6. The second-order valence-electron chi connectivity index (χ2n) is 12.3. The van der Waals surface area contributed by atoms with E-state index in [0.717, 1.165) is 5.39 Å². The lowest BCUT2D eigenvalue weighted by molar-refractivity contribution is -0.173. The van der Waals surface area contributed by atoms with Gasteiger partial charge in [0.15, 0.2) is 0 Å². The van der Waals surface area contributed by atoms with Crippen LogP contribution in [0.4, 0.5) is 5.69 Å². The third-order valence-electron chi connectivity index (χ3n) is 10.4. The summed E-state index contributed by atoms with van der Waals surface area (Å²) in [6.07, 6.45) is 2.16. The monoisotopic (exact) mass is 618 g/mol. The van der Waals surface area contributed by atoms with Gasteiger partial charge in [-0.3, -0.25) is 24.4 Å². The molecule has 2 aliphatic carbocycles. The second kappa shape index (κ2) is 9.86. The fourth-order valence-electron chi connectivity index (χ4n) is 8.58. The first-order chi connectivity index (χ1) is 21.7. The van der Waals surface area contributed by atoms with Crippen LogP contribution in [-0.4, -0.2) is 39.0 Å². The molecule has 9 heteroatoms. The molecule has 45 heavy (non-hydrogen) atoms. The average Bonchev–Trinajstić information content (AvgIpc) is 3.42. The van der Waals surface area contributed by atoms with Crippen molar-refractivity contribution in [3.63, 3.8) is 0 Å². The maximum Gasteiger partial charge on any atom is 0.257 e. The number of fused-ring (bicyclic) bond motifs is 5. The van der Waals surface area contributed by atoms with E-state index in [2.05, 4.69) is 0 Å². The van der Waals surface area contributed by atoms with Gasteiger partial charge in [0.05, 0.1) is 28.9 Å². The van der Waals surface area contributed by atoms with E-state index in [0.29, 0.717) is 32.8 Å². The molecular weight excluding hydrogens is 592 g/mol. The molecule has 224 valence electrons. The molecule has 4 aliphatic rings. The molecule has 8 nitrogen and oxygen atoms in total. The summed E-state index contributed by atoms with van der Waals surface area (Å²) in [4.78, 5) is 57.4. The first-order valence-electron chi connectivity index (χ1n) is 14.9. The molecule has 0 radical (unpaired) electrons. The van der Waals surface area contributed by atoms with Gasteiger partial charge < -0.3 is 5.11 Å². The number of rotatable bonds is 3. The van der Waals surface area contributed by atoms with Crippen LogP contribution < -0.4 is 4.90 Å². The molecule has 4 aromatic rings. The lowest BCUT2D eigenvalue weighted by Crippen LogP contribution is -2.53. The molecule has 1 saturated carbocycles. The van der Waals surface area contributed by atoms with E-state index in [-0.39, 0.29) is 23.7 Å². The van der Waals surface area contributed by atoms with E-state index in [1.54, 1.807) is 36.4 Å². The second-order valence-corrected chi connectivity index (χ2v) is 12.7. The number of hydroxylamine groups is 2. The zero-order chi connectivity index (χ0) is 31.2.